The van der Waals surface area contributed by atoms with Crippen molar-refractivity contribution in [1.82, 2.24) is 0 Å². The molecule has 0 heterocycles. The Labute approximate surface area is 147 Å². The number of hydrogen-bond acceptors (Lipinski definition) is 3. The van der Waals surface area contributed by atoms with E-state index in [1.807, 2.05) is 36.4 Å². The molecule has 0 saturated heterocycles. The second-order valence-corrected chi connectivity index (χ2v) is 4.54. The molecule has 0 aliphatic heterocycles. The molecule has 0 aromatic heterocycles. The zero-order valence-electron chi connectivity index (χ0n) is 12.3. The minimum atomic E-state index is 0. The summed E-state index contributed by atoms with van der Waals surface area (Å²) in [5, 5.41) is 12.4. The molecule has 0 fully saturated rings. The van der Waals surface area contributed by atoms with Crippen LogP contribution < -0.4 is 15.8 Å². The summed E-state index contributed by atoms with van der Waals surface area (Å²) in [7, 11) is 1.62. The summed E-state index contributed by atoms with van der Waals surface area (Å²) in [5.41, 5.74) is 7.69. The number of aliphatic imine (C=N–C) groups is 1. The van der Waals surface area contributed by atoms with Crippen LogP contribution in [0.1, 0.15) is 5.56 Å². The van der Waals surface area contributed by atoms with Gasteiger partial charge in [-0.05, 0) is 36.2 Å². The number of aromatic hydroxyl groups is 1. The minimum Gasteiger partial charge on any atom is -0.508 e. The molecule has 0 bridgehead atoms. The second kappa shape index (κ2) is 9.14. The maximum Gasteiger partial charge on any atom is 0.193 e. The van der Waals surface area contributed by atoms with E-state index in [1.165, 1.54) is 0 Å². The van der Waals surface area contributed by atoms with Crippen LogP contribution in [0, 0.1) is 0 Å². The normalized spacial score (nSPS) is 10.7. The average molecular weight is 413 g/mol. The Hall–Kier alpha value is -1.96. The van der Waals surface area contributed by atoms with Crippen LogP contribution in [0.3, 0.4) is 0 Å². The van der Waals surface area contributed by atoms with E-state index in [0.29, 0.717) is 12.5 Å². The number of benzene rings is 2. The molecule has 0 saturated carbocycles. The molecule has 2 aromatic carbocycles. The van der Waals surface area contributed by atoms with E-state index in [0.717, 1.165) is 23.4 Å². The summed E-state index contributed by atoms with van der Waals surface area (Å²) in [5.74, 6) is 1.37. The second-order valence-electron chi connectivity index (χ2n) is 4.54. The molecule has 0 radical (unpaired) electrons. The van der Waals surface area contributed by atoms with Crippen molar-refractivity contribution < 1.29 is 9.84 Å². The molecule has 4 N–H and O–H groups in total. The lowest BCUT2D eigenvalue weighted by Crippen LogP contribution is -2.23. The highest BCUT2D eigenvalue weighted by atomic mass is 127. The highest BCUT2D eigenvalue weighted by molar-refractivity contribution is 14.0. The fourth-order valence-electron chi connectivity index (χ4n) is 1.91. The van der Waals surface area contributed by atoms with Gasteiger partial charge in [-0.15, -0.1) is 24.0 Å². The van der Waals surface area contributed by atoms with Gasteiger partial charge in [0.1, 0.15) is 11.5 Å². The lowest BCUT2D eigenvalue weighted by atomic mass is 10.1. The van der Waals surface area contributed by atoms with Gasteiger partial charge in [-0.2, -0.15) is 0 Å². The maximum absolute atomic E-state index is 9.38. The molecular formula is C16H20IN3O2. The van der Waals surface area contributed by atoms with Crippen LogP contribution >= 0.6 is 24.0 Å². The van der Waals surface area contributed by atoms with E-state index in [-0.39, 0.29) is 29.7 Å². The van der Waals surface area contributed by atoms with Gasteiger partial charge in [0, 0.05) is 18.3 Å². The Balaban J connectivity index is 0.00000242. The highest BCUT2D eigenvalue weighted by Crippen LogP contribution is 2.16. The van der Waals surface area contributed by atoms with Gasteiger partial charge in [0.25, 0.3) is 0 Å². The molecule has 0 aliphatic rings. The van der Waals surface area contributed by atoms with Gasteiger partial charge in [-0.3, -0.25) is 4.99 Å². The van der Waals surface area contributed by atoms with E-state index < -0.39 is 0 Å². The Kier molecular flexibility index (Phi) is 7.51. The van der Waals surface area contributed by atoms with Crippen LogP contribution in [0.15, 0.2) is 53.5 Å². The number of phenolic OH excluding ortho intramolecular Hbond substituents is 1. The van der Waals surface area contributed by atoms with Crippen molar-refractivity contribution in [3.05, 3.63) is 54.1 Å². The smallest absolute Gasteiger partial charge is 0.193 e. The lowest BCUT2D eigenvalue weighted by Gasteiger charge is -2.07. The molecule has 5 nitrogen and oxygen atoms in total. The molecule has 0 atom stereocenters. The molecule has 2 rings (SSSR count). The molecule has 2 aromatic rings. The van der Waals surface area contributed by atoms with Gasteiger partial charge in [0.2, 0.25) is 0 Å². The SMILES string of the molecule is COc1cccc(NC(N)=NCCc2cccc(O)c2)c1.I. The van der Waals surface area contributed by atoms with Crippen molar-refractivity contribution in [2.75, 3.05) is 19.0 Å². The molecule has 0 unspecified atom stereocenters. The molecular weight excluding hydrogens is 393 g/mol. The average Bonchev–Trinajstić information content (AvgIpc) is 2.47. The first kappa shape index (κ1) is 18.1. The molecule has 0 amide bonds. The Bertz CT molecular complexity index is 632. The molecule has 0 aliphatic carbocycles. The Morgan fingerprint density at radius 1 is 1.23 bits per heavy atom. The predicted octanol–water partition coefficient (Wildman–Crippen LogP) is 2.99. The van der Waals surface area contributed by atoms with Crippen LogP contribution in [0.2, 0.25) is 0 Å². The number of ether oxygens (including phenoxy) is 1. The lowest BCUT2D eigenvalue weighted by molar-refractivity contribution is 0.415. The van der Waals surface area contributed by atoms with Crippen LogP contribution in [-0.2, 0) is 6.42 Å². The summed E-state index contributed by atoms with van der Waals surface area (Å²) < 4.78 is 5.14. The van der Waals surface area contributed by atoms with Gasteiger partial charge >= 0.3 is 0 Å². The number of guanidine groups is 1. The maximum atomic E-state index is 9.38. The predicted molar refractivity (Wildman–Crippen MR) is 100 cm³/mol. The molecule has 0 spiro atoms. The topological polar surface area (TPSA) is 79.9 Å². The number of halogens is 1. The fraction of sp³-hybridized carbons (Fsp3) is 0.188. The van der Waals surface area contributed by atoms with Crippen molar-refractivity contribution in [3.63, 3.8) is 0 Å². The number of rotatable bonds is 5. The molecule has 22 heavy (non-hydrogen) atoms. The van der Waals surface area contributed by atoms with Gasteiger partial charge in [0.05, 0.1) is 7.11 Å². The van der Waals surface area contributed by atoms with Gasteiger partial charge in [-0.1, -0.05) is 18.2 Å². The van der Waals surface area contributed by atoms with Gasteiger partial charge in [-0.25, -0.2) is 0 Å². The highest BCUT2D eigenvalue weighted by Gasteiger charge is 1.98. The van der Waals surface area contributed by atoms with Crippen LogP contribution in [0.5, 0.6) is 11.5 Å². The first-order valence-corrected chi connectivity index (χ1v) is 6.66. The number of methoxy groups -OCH3 is 1. The standard InChI is InChI=1S/C16H19N3O2.HI/c1-21-15-7-3-5-13(11-15)19-16(17)18-9-8-12-4-2-6-14(20)10-12;/h2-7,10-11,20H,8-9H2,1H3,(H3,17,18,19);1H. The van der Waals surface area contributed by atoms with E-state index in [1.54, 1.807) is 19.2 Å². The van der Waals surface area contributed by atoms with Crippen LogP contribution in [0.25, 0.3) is 0 Å². The number of hydrogen-bond donors (Lipinski definition) is 3. The van der Waals surface area contributed by atoms with E-state index in [2.05, 4.69) is 10.3 Å². The van der Waals surface area contributed by atoms with E-state index >= 15 is 0 Å². The van der Waals surface area contributed by atoms with Crippen molar-refractivity contribution in [1.29, 1.82) is 0 Å². The summed E-state index contributed by atoms with van der Waals surface area (Å²) in [6.45, 7) is 0.548. The third-order valence-electron chi connectivity index (χ3n) is 2.94. The quantitative estimate of drug-likeness (QED) is 0.400. The minimum absolute atomic E-state index is 0. The summed E-state index contributed by atoms with van der Waals surface area (Å²) in [6, 6.07) is 14.6. The monoisotopic (exact) mass is 413 g/mol. The summed E-state index contributed by atoms with van der Waals surface area (Å²) in [4.78, 5) is 4.26. The molecule has 118 valence electrons. The van der Waals surface area contributed by atoms with Gasteiger partial charge in [0.15, 0.2) is 5.96 Å². The number of nitrogens with zero attached hydrogens (tertiary/aromatic N) is 1. The zero-order chi connectivity index (χ0) is 15.1. The fourth-order valence-corrected chi connectivity index (χ4v) is 1.91. The van der Waals surface area contributed by atoms with Crippen molar-refractivity contribution in [2.45, 2.75) is 6.42 Å². The van der Waals surface area contributed by atoms with Crippen molar-refractivity contribution in [2.24, 2.45) is 10.7 Å². The first-order chi connectivity index (χ1) is 10.2. The number of nitrogens with two attached hydrogens (primary N) is 1. The third kappa shape index (κ3) is 5.80. The van der Waals surface area contributed by atoms with Crippen LogP contribution in [-0.4, -0.2) is 24.7 Å². The Morgan fingerprint density at radius 3 is 2.73 bits per heavy atom. The molecule has 6 heteroatoms. The number of anilines is 1. The summed E-state index contributed by atoms with van der Waals surface area (Å²) in [6.07, 6.45) is 0.717. The van der Waals surface area contributed by atoms with E-state index in [9.17, 15) is 5.11 Å². The van der Waals surface area contributed by atoms with Crippen molar-refractivity contribution in [3.8, 4) is 11.5 Å². The largest absolute Gasteiger partial charge is 0.508 e. The van der Waals surface area contributed by atoms with Crippen LogP contribution in [0.4, 0.5) is 5.69 Å². The zero-order valence-corrected chi connectivity index (χ0v) is 14.7. The Morgan fingerprint density at radius 2 is 2.00 bits per heavy atom. The van der Waals surface area contributed by atoms with Gasteiger partial charge < -0.3 is 20.9 Å². The number of phenols is 1. The van der Waals surface area contributed by atoms with E-state index in [4.69, 9.17) is 10.5 Å². The van der Waals surface area contributed by atoms with Crippen molar-refractivity contribution >= 4 is 35.6 Å². The summed E-state index contributed by atoms with van der Waals surface area (Å²) >= 11 is 0. The first-order valence-electron chi connectivity index (χ1n) is 6.66. The third-order valence-corrected chi connectivity index (χ3v) is 2.94. The number of nitrogens with one attached hydrogen (secondary N) is 1.